The number of benzene rings is 1. The molecular weight excluding hydrogens is 404 g/mol. The Morgan fingerprint density at radius 3 is 2.87 bits per heavy atom. The number of carbonyl (C=O) groups is 2. The van der Waals surface area contributed by atoms with Gasteiger partial charge in [-0.1, -0.05) is 18.2 Å². The van der Waals surface area contributed by atoms with E-state index in [4.69, 9.17) is 0 Å². The number of likely N-dealkylation sites (tertiary alicyclic amines) is 1. The van der Waals surface area contributed by atoms with Crippen molar-refractivity contribution in [3.05, 3.63) is 50.8 Å². The number of hydrogen-bond acceptors (Lipinski definition) is 6. The van der Waals surface area contributed by atoms with Gasteiger partial charge < -0.3 is 10.2 Å². The van der Waals surface area contributed by atoms with Crippen LogP contribution in [0.15, 0.2) is 33.7 Å². The topological polar surface area (TPSA) is 108 Å². The fraction of sp³-hybridized carbons (Fsp3) is 0.429. The lowest BCUT2D eigenvalue weighted by atomic mass is 9.93. The monoisotopic (exact) mass is 428 g/mol. The number of carbonyl (C=O) groups excluding carboxylic acids is 2. The third-order valence-electron chi connectivity index (χ3n) is 5.34. The molecule has 8 nitrogen and oxygen atoms in total. The van der Waals surface area contributed by atoms with Crippen molar-refractivity contribution in [2.75, 3.05) is 6.54 Å². The predicted molar refractivity (Wildman–Crippen MR) is 114 cm³/mol. The van der Waals surface area contributed by atoms with Crippen LogP contribution < -0.4 is 10.9 Å². The van der Waals surface area contributed by atoms with Crippen molar-refractivity contribution in [3.8, 4) is 0 Å². The fourth-order valence-corrected chi connectivity index (χ4v) is 5.14. The second-order valence-electron chi connectivity index (χ2n) is 7.85. The lowest BCUT2D eigenvalue weighted by Crippen LogP contribution is -2.46. The molecule has 0 spiro atoms. The number of hydrogen-bond donors (Lipinski definition) is 2. The minimum atomic E-state index is -0.623. The van der Waals surface area contributed by atoms with E-state index in [0.717, 1.165) is 34.9 Å². The number of nitrogens with zero attached hydrogens (tertiary/aromatic N) is 2. The van der Waals surface area contributed by atoms with Crippen molar-refractivity contribution in [2.24, 2.45) is 0 Å². The summed E-state index contributed by atoms with van der Waals surface area (Å²) >= 11 is 1.47. The number of aromatic amines is 1. The van der Waals surface area contributed by atoms with Crippen LogP contribution in [-0.2, 0) is 6.42 Å². The van der Waals surface area contributed by atoms with Gasteiger partial charge in [0, 0.05) is 23.3 Å². The Balaban J connectivity index is 1.69. The standard InChI is InChI=1S/C21H24N4O4S/c1-12(2)22-20(27)18-15(14-8-3-4-9-16(14)30-18)11-13-7-5-6-10-25(13)21(28)17-19(26)24-29-23-17/h3-4,8-9,12-13H,5-7,10-11H2,1-2H3,(H,22,27)(H,24,26)/t13-/m1/s1. The summed E-state index contributed by atoms with van der Waals surface area (Å²) in [5, 5.41) is 9.65. The smallest absolute Gasteiger partial charge is 0.313 e. The van der Waals surface area contributed by atoms with Crippen molar-refractivity contribution in [2.45, 2.75) is 51.6 Å². The van der Waals surface area contributed by atoms with Crippen molar-refractivity contribution >= 4 is 33.2 Å². The number of aromatic nitrogens is 2. The molecule has 0 saturated carbocycles. The molecule has 2 amide bonds. The fourth-order valence-electron chi connectivity index (χ4n) is 4.00. The van der Waals surface area contributed by atoms with Crippen molar-refractivity contribution in [3.63, 3.8) is 0 Å². The van der Waals surface area contributed by atoms with Gasteiger partial charge in [-0.15, -0.1) is 11.3 Å². The first-order valence-corrected chi connectivity index (χ1v) is 10.9. The second kappa shape index (κ2) is 8.43. The van der Waals surface area contributed by atoms with Crippen LogP contribution in [0.1, 0.15) is 58.8 Å². The molecule has 1 aliphatic heterocycles. The largest absolute Gasteiger partial charge is 0.349 e. The molecule has 0 aliphatic carbocycles. The average molecular weight is 429 g/mol. The summed E-state index contributed by atoms with van der Waals surface area (Å²) < 4.78 is 5.60. The van der Waals surface area contributed by atoms with Crippen LogP contribution in [0.3, 0.4) is 0 Å². The summed E-state index contributed by atoms with van der Waals surface area (Å²) in [5.41, 5.74) is 0.102. The molecule has 2 aromatic heterocycles. The van der Waals surface area contributed by atoms with Gasteiger partial charge in [-0.3, -0.25) is 19.0 Å². The Morgan fingerprint density at radius 2 is 2.13 bits per heavy atom. The summed E-state index contributed by atoms with van der Waals surface area (Å²) in [7, 11) is 0. The first kappa shape index (κ1) is 20.3. The lowest BCUT2D eigenvalue weighted by Gasteiger charge is -2.35. The molecule has 30 heavy (non-hydrogen) atoms. The van der Waals surface area contributed by atoms with E-state index in [-0.39, 0.29) is 23.7 Å². The van der Waals surface area contributed by atoms with Gasteiger partial charge in [0.15, 0.2) is 0 Å². The van der Waals surface area contributed by atoms with Gasteiger partial charge in [0.2, 0.25) is 5.69 Å². The van der Waals surface area contributed by atoms with E-state index >= 15 is 0 Å². The van der Waals surface area contributed by atoms with Crippen molar-refractivity contribution in [1.29, 1.82) is 0 Å². The van der Waals surface area contributed by atoms with E-state index in [9.17, 15) is 14.4 Å². The zero-order valence-corrected chi connectivity index (χ0v) is 17.8. The van der Waals surface area contributed by atoms with Crippen LogP contribution in [0.4, 0.5) is 0 Å². The van der Waals surface area contributed by atoms with Gasteiger partial charge in [-0.25, -0.2) is 0 Å². The number of fused-ring (bicyclic) bond motifs is 1. The molecule has 158 valence electrons. The summed E-state index contributed by atoms with van der Waals surface area (Å²) in [4.78, 5) is 40.1. The Morgan fingerprint density at radius 1 is 1.33 bits per heavy atom. The third kappa shape index (κ3) is 3.89. The number of thiophene rings is 1. The summed E-state index contributed by atoms with van der Waals surface area (Å²) in [6.07, 6.45) is 3.20. The van der Waals surface area contributed by atoms with Crippen LogP contribution in [0.5, 0.6) is 0 Å². The van der Waals surface area contributed by atoms with E-state index in [1.165, 1.54) is 11.3 Å². The molecule has 0 unspecified atom stereocenters. The SMILES string of the molecule is CC(C)NC(=O)c1sc2ccccc2c1C[C@H]1CCCCN1C(=O)c1no[nH]c1=O. The Kier molecular flexibility index (Phi) is 5.72. The molecule has 1 saturated heterocycles. The predicted octanol–water partition coefficient (Wildman–Crippen LogP) is 2.95. The Bertz CT molecular complexity index is 1130. The average Bonchev–Trinajstić information content (AvgIpc) is 3.31. The van der Waals surface area contributed by atoms with Crippen molar-refractivity contribution in [1.82, 2.24) is 20.5 Å². The highest BCUT2D eigenvalue weighted by atomic mass is 32.1. The normalized spacial score (nSPS) is 16.9. The summed E-state index contributed by atoms with van der Waals surface area (Å²) in [6.45, 7) is 4.41. The Hall–Kier alpha value is -2.94. The van der Waals surface area contributed by atoms with Gasteiger partial charge in [0.25, 0.3) is 11.8 Å². The zero-order chi connectivity index (χ0) is 21.3. The Labute approximate surface area is 177 Å². The van der Waals surface area contributed by atoms with Crippen molar-refractivity contribution < 1.29 is 14.2 Å². The zero-order valence-electron chi connectivity index (χ0n) is 16.9. The van der Waals surface area contributed by atoms with Crippen LogP contribution >= 0.6 is 11.3 Å². The molecule has 4 rings (SSSR count). The van der Waals surface area contributed by atoms with E-state index in [1.807, 2.05) is 38.1 Å². The molecule has 1 aromatic carbocycles. The summed E-state index contributed by atoms with van der Waals surface area (Å²) in [5.74, 6) is -0.523. The highest BCUT2D eigenvalue weighted by Gasteiger charge is 2.32. The van der Waals surface area contributed by atoms with Crippen LogP contribution in [0.25, 0.3) is 10.1 Å². The molecule has 9 heteroatoms. The number of rotatable bonds is 5. The highest BCUT2D eigenvalue weighted by molar-refractivity contribution is 7.21. The molecule has 1 fully saturated rings. The number of piperidine rings is 1. The molecule has 0 radical (unpaired) electrons. The van der Waals surface area contributed by atoms with Gasteiger partial charge in [-0.05, 0) is 61.7 Å². The van der Waals surface area contributed by atoms with E-state index in [0.29, 0.717) is 17.8 Å². The van der Waals surface area contributed by atoms with Gasteiger partial charge in [0.1, 0.15) is 0 Å². The van der Waals surface area contributed by atoms with Gasteiger partial charge in [0.05, 0.1) is 4.88 Å². The van der Waals surface area contributed by atoms with Crippen LogP contribution in [-0.4, -0.2) is 45.7 Å². The highest BCUT2D eigenvalue weighted by Crippen LogP contribution is 2.34. The first-order valence-electron chi connectivity index (χ1n) is 10.1. The third-order valence-corrected chi connectivity index (χ3v) is 6.56. The van der Waals surface area contributed by atoms with Gasteiger partial charge in [-0.2, -0.15) is 5.16 Å². The minimum Gasteiger partial charge on any atom is -0.349 e. The maximum Gasteiger partial charge on any atom is 0.313 e. The maximum atomic E-state index is 13.0. The molecule has 3 heterocycles. The lowest BCUT2D eigenvalue weighted by molar-refractivity contribution is 0.0601. The van der Waals surface area contributed by atoms with E-state index < -0.39 is 11.5 Å². The van der Waals surface area contributed by atoms with Crippen LogP contribution in [0, 0.1) is 0 Å². The molecule has 2 N–H and O–H groups in total. The number of H-pyrrole nitrogens is 1. The number of amides is 2. The maximum absolute atomic E-state index is 13.0. The van der Waals surface area contributed by atoms with Crippen LogP contribution in [0.2, 0.25) is 0 Å². The molecule has 0 bridgehead atoms. The quantitative estimate of drug-likeness (QED) is 0.650. The number of nitrogens with one attached hydrogen (secondary N) is 2. The molecule has 1 aliphatic rings. The second-order valence-corrected chi connectivity index (χ2v) is 8.90. The van der Waals surface area contributed by atoms with Gasteiger partial charge >= 0.3 is 5.56 Å². The summed E-state index contributed by atoms with van der Waals surface area (Å²) in [6, 6.07) is 7.86. The minimum absolute atomic E-state index is 0.0298. The first-order chi connectivity index (χ1) is 14.5. The molecule has 3 aromatic rings. The van der Waals surface area contributed by atoms with E-state index in [2.05, 4.69) is 20.3 Å². The van der Waals surface area contributed by atoms with E-state index in [1.54, 1.807) is 4.90 Å². The molecule has 1 atom stereocenters. The molecular formula is C21H24N4O4S.